The summed E-state index contributed by atoms with van der Waals surface area (Å²) >= 11 is 0. The van der Waals surface area contributed by atoms with E-state index in [1.165, 1.54) is 37.6 Å². The lowest BCUT2D eigenvalue weighted by Crippen LogP contribution is -2.51. The molecule has 2 aromatic carbocycles. The van der Waals surface area contributed by atoms with E-state index < -0.39 is 40.3 Å². The molecule has 0 saturated heterocycles. The van der Waals surface area contributed by atoms with Crippen LogP contribution in [0.15, 0.2) is 59.5 Å². The van der Waals surface area contributed by atoms with Crippen molar-refractivity contribution >= 4 is 22.1 Å². The normalized spacial score (nSPS) is 13.9. The van der Waals surface area contributed by atoms with Crippen molar-refractivity contribution in [1.29, 1.82) is 0 Å². The highest BCUT2D eigenvalue weighted by molar-refractivity contribution is 7.89. The van der Waals surface area contributed by atoms with Gasteiger partial charge in [0.25, 0.3) is 0 Å². The molecule has 0 radical (unpaired) electrons. The maximum Gasteiger partial charge on any atom is 0.408 e. The fourth-order valence-electron chi connectivity index (χ4n) is 4.05. The Morgan fingerprint density at radius 1 is 0.974 bits per heavy atom. The van der Waals surface area contributed by atoms with Gasteiger partial charge in [0.15, 0.2) is 6.10 Å². The van der Waals surface area contributed by atoms with E-state index in [4.69, 9.17) is 9.47 Å². The van der Waals surface area contributed by atoms with Crippen molar-refractivity contribution in [3.05, 3.63) is 60.2 Å². The summed E-state index contributed by atoms with van der Waals surface area (Å²) < 4.78 is 43.5. The molecule has 0 saturated carbocycles. The number of carbonyl (C=O) groups is 2. The Labute approximate surface area is 231 Å². The number of aliphatic hydroxyl groups is 1. The van der Waals surface area contributed by atoms with Crippen molar-refractivity contribution in [3.8, 4) is 5.75 Å². The second-order valence-corrected chi connectivity index (χ2v) is 11.2. The predicted octanol–water partition coefficient (Wildman–Crippen LogP) is 3.38. The number of methoxy groups -OCH3 is 2. The highest BCUT2D eigenvalue weighted by atomic mass is 32.2. The highest BCUT2D eigenvalue weighted by Crippen LogP contribution is 2.23. The van der Waals surface area contributed by atoms with E-state index in [9.17, 15) is 23.1 Å². The first-order valence-electron chi connectivity index (χ1n) is 13.0. The zero-order chi connectivity index (χ0) is 29.0. The molecule has 2 N–H and O–H groups in total. The first-order valence-corrected chi connectivity index (χ1v) is 14.4. The van der Waals surface area contributed by atoms with Gasteiger partial charge in [0.2, 0.25) is 10.0 Å². The lowest BCUT2D eigenvalue weighted by Gasteiger charge is -2.31. The van der Waals surface area contributed by atoms with Crippen molar-refractivity contribution < 1.29 is 37.3 Å². The molecule has 0 spiro atoms. The number of hydrogen-bond acceptors (Lipinski definition) is 8. The van der Waals surface area contributed by atoms with Crippen molar-refractivity contribution in [2.45, 2.75) is 63.2 Å². The van der Waals surface area contributed by atoms with E-state index in [2.05, 4.69) is 10.1 Å². The molecule has 0 bridgehead atoms. The number of benzene rings is 2. The van der Waals surface area contributed by atoms with Crippen molar-refractivity contribution in [2.24, 2.45) is 5.92 Å². The molecule has 0 aliphatic heterocycles. The van der Waals surface area contributed by atoms with Gasteiger partial charge in [0.1, 0.15) is 5.75 Å². The van der Waals surface area contributed by atoms with E-state index in [1.54, 1.807) is 12.1 Å². The minimum atomic E-state index is -3.99. The molecule has 216 valence electrons. The molecule has 2 rings (SSSR count). The summed E-state index contributed by atoms with van der Waals surface area (Å²) in [5.41, 5.74) is 0.812. The molecule has 11 heteroatoms. The largest absolute Gasteiger partial charge is 0.497 e. The Balaban J connectivity index is 2.35. The third kappa shape index (κ3) is 9.52. The second-order valence-electron chi connectivity index (χ2n) is 9.26. The predicted molar refractivity (Wildman–Crippen MR) is 147 cm³/mol. The van der Waals surface area contributed by atoms with Crippen LogP contribution >= 0.6 is 0 Å². The van der Waals surface area contributed by atoms with Crippen LogP contribution in [0.2, 0.25) is 0 Å². The maximum absolute atomic E-state index is 13.7. The van der Waals surface area contributed by atoms with Crippen LogP contribution in [0.25, 0.3) is 0 Å². The summed E-state index contributed by atoms with van der Waals surface area (Å²) in [7, 11) is -1.32. The summed E-state index contributed by atoms with van der Waals surface area (Å²) in [6.45, 7) is 5.27. The van der Waals surface area contributed by atoms with Crippen LogP contribution in [0, 0.1) is 5.92 Å². The Hall–Kier alpha value is -3.15. The summed E-state index contributed by atoms with van der Waals surface area (Å²) in [6, 6.07) is 14.3. The van der Waals surface area contributed by atoms with Gasteiger partial charge in [-0.1, -0.05) is 57.0 Å². The van der Waals surface area contributed by atoms with Gasteiger partial charge in [-0.15, -0.1) is 0 Å². The van der Waals surface area contributed by atoms with Crippen molar-refractivity contribution in [3.63, 3.8) is 0 Å². The molecule has 0 fully saturated rings. The minimum absolute atomic E-state index is 0.0663. The van der Waals surface area contributed by atoms with E-state index in [1.807, 2.05) is 44.2 Å². The molecular weight excluding hydrogens is 524 g/mol. The number of esters is 1. The zero-order valence-corrected chi connectivity index (χ0v) is 24.0. The minimum Gasteiger partial charge on any atom is -0.497 e. The first-order chi connectivity index (χ1) is 18.5. The average Bonchev–Trinajstić information content (AvgIpc) is 2.94. The molecule has 0 aliphatic carbocycles. The number of ether oxygens (including phenoxy) is 3. The van der Waals surface area contributed by atoms with Crippen LogP contribution in [0.1, 0.15) is 39.2 Å². The van der Waals surface area contributed by atoms with E-state index >= 15 is 0 Å². The quantitative estimate of drug-likeness (QED) is 0.315. The summed E-state index contributed by atoms with van der Waals surface area (Å²) in [5, 5.41) is 14.0. The van der Waals surface area contributed by atoms with Crippen LogP contribution in [-0.4, -0.2) is 75.5 Å². The number of hydrogen-bond donors (Lipinski definition) is 2. The van der Waals surface area contributed by atoms with Crippen LogP contribution in [0.3, 0.4) is 0 Å². The van der Waals surface area contributed by atoms with Gasteiger partial charge < -0.3 is 24.6 Å². The van der Waals surface area contributed by atoms with Gasteiger partial charge in [-0.3, -0.25) is 0 Å². The third-order valence-electron chi connectivity index (χ3n) is 6.59. The molecule has 0 aliphatic rings. The van der Waals surface area contributed by atoms with Gasteiger partial charge in [-0.05, 0) is 49.1 Å². The fourth-order valence-corrected chi connectivity index (χ4v) is 5.58. The van der Waals surface area contributed by atoms with Crippen LogP contribution < -0.4 is 10.1 Å². The smallest absolute Gasteiger partial charge is 0.408 e. The van der Waals surface area contributed by atoms with Crippen molar-refractivity contribution in [1.82, 2.24) is 9.62 Å². The topological polar surface area (TPSA) is 131 Å². The van der Waals surface area contributed by atoms with E-state index in [-0.39, 0.29) is 30.3 Å². The maximum atomic E-state index is 13.7. The molecule has 1 amide bonds. The monoisotopic (exact) mass is 564 g/mol. The summed E-state index contributed by atoms with van der Waals surface area (Å²) in [6.07, 6.45) is -1.68. The van der Waals surface area contributed by atoms with Gasteiger partial charge in [0, 0.05) is 13.1 Å². The van der Waals surface area contributed by atoms with Gasteiger partial charge in [-0.25, -0.2) is 18.0 Å². The molecule has 3 atom stereocenters. The Morgan fingerprint density at radius 2 is 1.59 bits per heavy atom. The molecular formula is C28H40N2O8S. The number of sulfonamides is 1. The van der Waals surface area contributed by atoms with E-state index in [0.717, 1.165) is 18.4 Å². The summed E-state index contributed by atoms with van der Waals surface area (Å²) in [4.78, 5) is 24.4. The standard InChI is InChI=1S/C28H40N2O8S/c1-6-21(7-2)18-30(39(34,35)24-15-13-23(36-4)14-16-24)19-26(31)25(17-22-11-9-8-10-12-22)29-28(33)38-20(3)27(32)37-5/h8-16,20-21,25-26,31H,6-7,17-19H2,1-5H3,(H,29,33)/t20-,25?,26-/m1/s1. The van der Waals surface area contributed by atoms with Gasteiger partial charge in [-0.2, -0.15) is 4.31 Å². The molecule has 39 heavy (non-hydrogen) atoms. The van der Waals surface area contributed by atoms with Gasteiger partial charge in [0.05, 0.1) is 31.3 Å². The number of aliphatic hydroxyl groups excluding tert-OH is 1. The van der Waals surface area contributed by atoms with Crippen LogP contribution in [-0.2, 0) is 30.7 Å². The number of nitrogens with zero attached hydrogens (tertiary/aromatic N) is 1. The number of nitrogens with one attached hydrogen (secondary N) is 1. The Kier molecular flexibility index (Phi) is 12.7. The zero-order valence-electron chi connectivity index (χ0n) is 23.2. The second kappa shape index (κ2) is 15.4. The molecule has 2 aromatic rings. The van der Waals surface area contributed by atoms with Gasteiger partial charge >= 0.3 is 12.1 Å². The first kappa shape index (κ1) is 32.1. The number of alkyl carbamates (subject to hydrolysis) is 1. The third-order valence-corrected chi connectivity index (χ3v) is 8.43. The molecule has 0 heterocycles. The number of amides is 1. The lowest BCUT2D eigenvalue weighted by molar-refractivity contribution is -0.149. The fraction of sp³-hybridized carbons (Fsp3) is 0.500. The Morgan fingerprint density at radius 3 is 2.13 bits per heavy atom. The van der Waals surface area contributed by atoms with Crippen molar-refractivity contribution in [2.75, 3.05) is 27.3 Å². The highest BCUT2D eigenvalue weighted by Gasteiger charge is 2.32. The number of carbonyl (C=O) groups excluding carboxylic acids is 2. The summed E-state index contributed by atoms with van der Waals surface area (Å²) in [5.74, 6) is -0.142. The molecule has 1 unspecified atom stereocenters. The SMILES string of the molecule is CCC(CC)CN(C[C@@H](O)C(Cc1ccccc1)NC(=O)O[C@H](C)C(=O)OC)S(=O)(=O)c1ccc(OC)cc1. The lowest BCUT2D eigenvalue weighted by atomic mass is 10.0. The Bertz CT molecular complexity index is 1140. The average molecular weight is 565 g/mol. The van der Waals surface area contributed by atoms with Crippen LogP contribution in [0.5, 0.6) is 5.75 Å². The molecule has 10 nitrogen and oxygen atoms in total. The van der Waals surface area contributed by atoms with E-state index in [0.29, 0.717) is 5.75 Å². The molecule has 0 aromatic heterocycles. The van der Waals surface area contributed by atoms with Crippen LogP contribution in [0.4, 0.5) is 4.79 Å². The number of rotatable bonds is 15.